The summed E-state index contributed by atoms with van der Waals surface area (Å²) in [4.78, 5) is 2.11. The van der Waals surface area contributed by atoms with Gasteiger partial charge < -0.3 is 14.6 Å². The van der Waals surface area contributed by atoms with Crippen molar-refractivity contribution >= 4 is 0 Å². The maximum atomic E-state index is 13.5. The van der Waals surface area contributed by atoms with E-state index in [0.29, 0.717) is 25.3 Å². The summed E-state index contributed by atoms with van der Waals surface area (Å²) in [5.74, 6) is -0.256. The van der Waals surface area contributed by atoms with Gasteiger partial charge in [-0.2, -0.15) is 0 Å². The van der Waals surface area contributed by atoms with Crippen molar-refractivity contribution < 1.29 is 19.0 Å². The molecular weight excluding hydrogens is 237 g/mol. The van der Waals surface area contributed by atoms with E-state index in [1.165, 1.54) is 19.2 Å². The molecule has 1 aromatic carbocycles. The summed E-state index contributed by atoms with van der Waals surface area (Å²) in [6, 6.07) is 4.55. The molecule has 1 aromatic rings. The average molecular weight is 255 g/mol. The van der Waals surface area contributed by atoms with Crippen molar-refractivity contribution in [3.8, 4) is 5.75 Å². The molecule has 100 valence electrons. The standard InChI is InChI=1S/C13H18FNO3/c1-17-13-3-2-10(8-11(13)14)12(16)9-15-4-6-18-7-5-15/h2-3,8,12,16H,4-7,9H2,1H3. The minimum atomic E-state index is -0.691. The molecule has 0 radical (unpaired) electrons. The number of rotatable bonds is 4. The molecule has 1 atom stereocenters. The van der Waals surface area contributed by atoms with Crippen LogP contribution in [-0.4, -0.2) is 50.0 Å². The SMILES string of the molecule is COc1ccc(C(O)CN2CCOCC2)cc1F. The second-order valence-corrected chi connectivity index (χ2v) is 4.32. The van der Waals surface area contributed by atoms with Gasteiger partial charge in [0.05, 0.1) is 26.4 Å². The van der Waals surface area contributed by atoms with E-state index in [2.05, 4.69) is 4.90 Å². The Kier molecular flexibility index (Phi) is 4.52. The number of methoxy groups -OCH3 is 1. The lowest BCUT2D eigenvalue weighted by Gasteiger charge is -2.28. The lowest BCUT2D eigenvalue weighted by atomic mass is 10.1. The highest BCUT2D eigenvalue weighted by Gasteiger charge is 2.17. The number of halogens is 1. The molecule has 1 aliphatic rings. The van der Waals surface area contributed by atoms with Crippen LogP contribution in [0.2, 0.25) is 0 Å². The number of ether oxygens (including phenoxy) is 2. The zero-order chi connectivity index (χ0) is 13.0. The lowest BCUT2D eigenvalue weighted by Crippen LogP contribution is -2.38. The molecule has 1 aliphatic heterocycles. The van der Waals surface area contributed by atoms with Crippen molar-refractivity contribution in [2.24, 2.45) is 0 Å². The number of hydrogen-bond acceptors (Lipinski definition) is 4. The highest BCUT2D eigenvalue weighted by Crippen LogP contribution is 2.22. The maximum absolute atomic E-state index is 13.5. The molecule has 1 unspecified atom stereocenters. The first-order valence-electron chi connectivity index (χ1n) is 6.02. The van der Waals surface area contributed by atoms with Gasteiger partial charge in [0.1, 0.15) is 0 Å². The third kappa shape index (κ3) is 3.19. The van der Waals surface area contributed by atoms with E-state index in [0.717, 1.165) is 13.1 Å². The predicted molar refractivity (Wildman–Crippen MR) is 65.2 cm³/mol. The first-order valence-corrected chi connectivity index (χ1v) is 6.02. The van der Waals surface area contributed by atoms with Gasteiger partial charge in [0.15, 0.2) is 11.6 Å². The molecule has 0 saturated carbocycles. The van der Waals surface area contributed by atoms with Crippen LogP contribution >= 0.6 is 0 Å². The molecular formula is C13H18FNO3. The van der Waals surface area contributed by atoms with Crippen molar-refractivity contribution in [2.45, 2.75) is 6.10 Å². The van der Waals surface area contributed by atoms with Crippen LogP contribution in [0.15, 0.2) is 18.2 Å². The number of morpholine rings is 1. The van der Waals surface area contributed by atoms with Gasteiger partial charge in [-0.15, -0.1) is 0 Å². The molecule has 1 saturated heterocycles. The third-order valence-corrected chi connectivity index (χ3v) is 3.10. The van der Waals surface area contributed by atoms with Crippen molar-refractivity contribution in [1.82, 2.24) is 4.90 Å². The molecule has 18 heavy (non-hydrogen) atoms. The minimum Gasteiger partial charge on any atom is -0.494 e. The Balaban J connectivity index is 1.99. The highest BCUT2D eigenvalue weighted by atomic mass is 19.1. The van der Waals surface area contributed by atoms with Crippen molar-refractivity contribution in [2.75, 3.05) is 40.0 Å². The van der Waals surface area contributed by atoms with Crippen LogP contribution in [-0.2, 0) is 4.74 Å². The maximum Gasteiger partial charge on any atom is 0.165 e. The Morgan fingerprint density at radius 2 is 2.17 bits per heavy atom. The molecule has 5 heteroatoms. The summed E-state index contributed by atoms with van der Waals surface area (Å²) >= 11 is 0. The summed E-state index contributed by atoms with van der Waals surface area (Å²) in [5.41, 5.74) is 0.569. The molecule has 0 amide bonds. The number of aliphatic hydroxyl groups excluding tert-OH is 1. The molecule has 1 N–H and O–H groups in total. The van der Waals surface area contributed by atoms with Crippen molar-refractivity contribution in [3.63, 3.8) is 0 Å². The van der Waals surface area contributed by atoms with Gasteiger partial charge in [-0.25, -0.2) is 4.39 Å². The van der Waals surface area contributed by atoms with Gasteiger partial charge in [0.25, 0.3) is 0 Å². The summed E-state index contributed by atoms with van der Waals surface area (Å²) in [6.45, 7) is 3.47. The van der Waals surface area contributed by atoms with E-state index in [1.807, 2.05) is 0 Å². The van der Waals surface area contributed by atoms with Crippen molar-refractivity contribution in [1.29, 1.82) is 0 Å². The van der Waals surface area contributed by atoms with Gasteiger partial charge in [-0.3, -0.25) is 4.90 Å². The first-order chi connectivity index (χ1) is 8.70. The summed E-state index contributed by atoms with van der Waals surface area (Å²) in [5, 5.41) is 10.1. The van der Waals surface area contributed by atoms with E-state index in [1.54, 1.807) is 6.07 Å². The van der Waals surface area contributed by atoms with E-state index in [-0.39, 0.29) is 5.75 Å². The largest absolute Gasteiger partial charge is 0.494 e. The Hall–Kier alpha value is -1.17. The molecule has 0 aliphatic carbocycles. The van der Waals surface area contributed by atoms with Crippen LogP contribution in [0.3, 0.4) is 0 Å². The van der Waals surface area contributed by atoms with Crippen LogP contribution in [0, 0.1) is 5.82 Å². The van der Waals surface area contributed by atoms with Crippen molar-refractivity contribution in [3.05, 3.63) is 29.6 Å². The first kappa shape index (κ1) is 13.3. The Bertz CT molecular complexity index is 394. The van der Waals surface area contributed by atoms with Crippen LogP contribution in [0.5, 0.6) is 5.75 Å². The third-order valence-electron chi connectivity index (χ3n) is 3.10. The fourth-order valence-electron chi connectivity index (χ4n) is 2.02. The van der Waals surface area contributed by atoms with E-state index < -0.39 is 11.9 Å². The van der Waals surface area contributed by atoms with Crippen LogP contribution in [0.25, 0.3) is 0 Å². The Labute approximate surface area is 106 Å². The number of benzene rings is 1. The molecule has 4 nitrogen and oxygen atoms in total. The fourth-order valence-corrected chi connectivity index (χ4v) is 2.02. The monoisotopic (exact) mass is 255 g/mol. The van der Waals surface area contributed by atoms with Gasteiger partial charge in [-0.05, 0) is 17.7 Å². The zero-order valence-electron chi connectivity index (χ0n) is 10.4. The highest BCUT2D eigenvalue weighted by molar-refractivity contribution is 5.30. The smallest absolute Gasteiger partial charge is 0.165 e. The molecule has 1 fully saturated rings. The Morgan fingerprint density at radius 3 is 2.78 bits per heavy atom. The number of aliphatic hydroxyl groups is 1. The normalized spacial score (nSPS) is 18.6. The second-order valence-electron chi connectivity index (χ2n) is 4.32. The minimum absolute atomic E-state index is 0.192. The topological polar surface area (TPSA) is 41.9 Å². The average Bonchev–Trinajstić information content (AvgIpc) is 2.39. The molecule has 2 rings (SSSR count). The van der Waals surface area contributed by atoms with E-state index in [9.17, 15) is 9.50 Å². The number of nitrogens with zero attached hydrogens (tertiary/aromatic N) is 1. The van der Waals surface area contributed by atoms with Gasteiger partial charge in [0.2, 0.25) is 0 Å². The predicted octanol–water partition coefficient (Wildman–Crippen LogP) is 1.20. The zero-order valence-corrected chi connectivity index (χ0v) is 10.4. The fraction of sp³-hybridized carbons (Fsp3) is 0.538. The van der Waals surface area contributed by atoms with Crippen LogP contribution < -0.4 is 4.74 Å². The van der Waals surface area contributed by atoms with E-state index in [4.69, 9.17) is 9.47 Å². The summed E-state index contributed by atoms with van der Waals surface area (Å²) in [6.07, 6.45) is -0.691. The molecule has 0 aromatic heterocycles. The second kappa shape index (κ2) is 6.13. The molecule has 1 heterocycles. The molecule has 0 bridgehead atoms. The number of hydrogen-bond donors (Lipinski definition) is 1. The van der Waals surface area contributed by atoms with Gasteiger partial charge >= 0.3 is 0 Å². The lowest BCUT2D eigenvalue weighted by molar-refractivity contribution is 0.0143. The summed E-state index contributed by atoms with van der Waals surface area (Å²) in [7, 11) is 1.42. The molecule has 0 spiro atoms. The van der Waals surface area contributed by atoms with E-state index >= 15 is 0 Å². The van der Waals surface area contributed by atoms with Gasteiger partial charge in [-0.1, -0.05) is 6.07 Å². The van der Waals surface area contributed by atoms with Crippen LogP contribution in [0.1, 0.15) is 11.7 Å². The van der Waals surface area contributed by atoms with Crippen LogP contribution in [0.4, 0.5) is 4.39 Å². The summed E-state index contributed by atoms with van der Waals surface area (Å²) < 4.78 is 23.6. The Morgan fingerprint density at radius 1 is 1.44 bits per heavy atom. The number of β-amino-alcohol motifs (C(OH)–C–C–N with tert-alkyl or cyclic N) is 1. The quantitative estimate of drug-likeness (QED) is 0.878. The van der Waals surface area contributed by atoms with Gasteiger partial charge in [0, 0.05) is 19.6 Å².